The molecule has 142 valence electrons. The minimum atomic E-state index is -0.574. The van der Waals surface area contributed by atoms with E-state index in [1.807, 2.05) is 19.1 Å². The summed E-state index contributed by atoms with van der Waals surface area (Å²) >= 11 is 1.40. The highest BCUT2D eigenvalue weighted by molar-refractivity contribution is 7.14. The molecule has 0 atom stereocenters. The zero-order valence-corrected chi connectivity index (χ0v) is 15.6. The first-order valence-corrected chi connectivity index (χ1v) is 9.23. The number of aryl methyl sites for hydroxylation is 1. The highest BCUT2D eigenvalue weighted by atomic mass is 32.1. The monoisotopic (exact) mass is 389 g/mol. The van der Waals surface area contributed by atoms with Crippen molar-refractivity contribution in [3.05, 3.63) is 45.6 Å². The first kappa shape index (κ1) is 18.9. The van der Waals surface area contributed by atoms with Crippen molar-refractivity contribution in [1.82, 2.24) is 5.32 Å². The van der Waals surface area contributed by atoms with E-state index >= 15 is 0 Å². The second kappa shape index (κ2) is 8.68. The summed E-state index contributed by atoms with van der Waals surface area (Å²) in [5.41, 5.74) is 0.843. The lowest BCUT2D eigenvalue weighted by atomic mass is 10.2. The van der Waals surface area contributed by atoms with Gasteiger partial charge in [-0.1, -0.05) is 6.07 Å². The topological polar surface area (TPSA) is 90.9 Å². The molecular formula is C19H19NO6S. The van der Waals surface area contributed by atoms with Crippen LogP contribution in [0.5, 0.6) is 11.5 Å². The molecule has 1 aliphatic heterocycles. The number of Topliss-reactive ketones (excluding diaryl/α,β-unsaturated/α-hetero) is 1. The lowest BCUT2D eigenvalue weighted by Gasteiger charge is -2.07. The molecule has 1 aromatic carbocycles. The van der Waals surface area contributed by atoms with E-state index in [1.165, 1.54) is 11.3 Å². The van der Waals surface area contributed by atoms with Crippen molar-refractivity contribution in [3.8, 4) is 11.5 Å². The number of esters is 1. The number of ether oxygens (including phenoxy) is 3. The van der Waals surface area contributed by atoms with Crippen LogP contribution in [-0.2, 0) is 20.9 Å². The lowest BCUT2D eigenvalue weighted by molar-refractivity contribution is -0.148. The van der Waals surface area contributed by atoms with Gasteiger partial charge in [-0.25, -0.2) is 0 Å². The van der Waals surface area contributed by atoms with E-state index in [9.17, 15) is 14.4 Å². The van der Waals surface area contributed by atoms with Crippen LogP contribution in [0.1, 0.15) is 33.0 Å². The van der Waals surface area contributed by atoms with Crippen LogP contribution >= 0.6 is 11.3 Å². The van der Waals surface area contributed by atoms with Crippen molar-refractivity contribution in [2.75, 3.05) is 13.4 Å². The SMILES string of the molecule is Cc1ccc(C(=O)CCC(=O)OCC(=O)NCc2ccc3c(c2)OCO3)s1. The van der Waals surface area contributed by atoms with Gasteiger partial charge in [-0.15, -0.1) is 11.3 Å². The molecule has 3 rings (SSSR count). The van der Waals surface area contributed by atoms with Crippen molar-refractivity contribution >= 4 is 29.0 Å². The summed E-state index contributed by atoms with van der Waals surface area (Å²) in [6.07, 6.45) is 0.0167. The largest absolute Gasteiger partial charge is 0.456 e. The molecule has 7 nitrogen and oxygen atoms in total. The molecular weight excluding hydrogens is 370 g/mol. The number of amides is 1. The summed E-state index contributed by atoms with van der Waals surface area (Å²) in [4.78, 5) is 37.1. The van der Waals surface area contributed by atoms with Crippen molar-refractivity contribution in [2.45, 2.75) is 26.3 Å². The van der Waals surface area contributed by atoms with E-state index in [4.69, 9.17) is 14.2 Å². The van der Waals surface area contributed by atoms with Gasteiger partial charge in [0, 0.05) is 17.8 Å². The predicted molar refractivity (Wildman–Crippen MR) is 98.0 cm³/mol. The fourth-order valence-electron chi connectivity index (χ4n) is 2.44. The quantitative estimate of drug-likeness (QED) is 0.551. The number of hydrogen-bond acceptors (Lipinski definition) is 7. The van der Waals surface area contributed by atoms with Gasteiger partial charge >= 0.3 is 5.97 Å². The maximum atomic E-state index is 11.9. The number of ketones is 1. The summed E-state index contributed by atoms with van der Waals surface area (Å²) in [5, 5.41) is 2.66. The Morgan fingerprint density at radius 1 is 1.11 bits per heavy atom. The molecule has 0 saturated heterocycles. The first-order chi connectivity index (χ1) is 13.0. The molecule has 0 fully saturated rings. The average Bonchev–Trinajstić information content (AvgIpc) is 3.30. The molecule has 0 unspecified atom stereocenters. The second-order valence-electron chi connectivity index (χ2n) is 5.96. The minimum absolute atomic E-state index is 0.0504. The van der Waals surface area contributed by atoms with Gasteiger partial charge in [0.25, 0.3) is 5.91 Å². The summed E-state index contributed by atoms with van der Waals surface area (Å²) in [6.45, 7) is 2.01. The number of rotatable bonds is 8. The van der Waals surface area contributed by atoms with Crippen molar-refractivity contribution in [1.29, 1.82) is 0 Å². The van der Waals surface area contributed by atoms with Crippen LogP contribution in [0.15, 0.2) is 30.3 Å². The van der Waals surface area contributed by atoms with E-state index in [2.05, 4.69) is 5.32 Å². The highest BCUT2D eigenvalue weighted by Crippen LogP contribution is 2.32. The molecule has 1 aliphatic rings. The molecule has 8 heteroatoms. The van der Waals surface area contributed by atoms with Crippen molar-refractivity contribution in [3.63, 3.8) is 0 Å². The molecule has 2 aromatic rings. The van der Waals surface area contributed by atoms with Gasteiger partial charge in [0.2, 0.25) is 6.79 Å². The maximum Gasteiger partial charge on any atom is 0.306 e. The number of hydrogen-bond donors (Lipinski definition) is 1. The van der Waals surface area contributed by atoms with Gasteiger partial charge in [0.05, 0.1) is 11.3 Å². The Hall–Kier alpha value is -2.87. The smallest absolute Gasteiger partial charge is 0.306 e. The summed E-state index contributed by atoms with van der Waals surface area (Å²) in [5.74, 6) is 0.221. The Morgan fingerprint density at radius 2 is 1.93 bits per heavy atom. The summed E-state index contributed by atoms with van der Waals surface area (Å²) in [6, 6.07) is 8.98. The fourth-order valence-corrected chi connectivity index (χ4v) is 3.28. The Balaban J connectivity index is 1.35. The minimum Gasteiger partial charge on any atom is -0.456 e. The Bertz CT molecular complexity index is 860. The average molecular weight is 389 g/mol. The normalized spacial score (nSPS) is 11.9. The number of nitrogens with one attached hydrogen (secondary N) is 1. The lowest BCUT2D eigenvalue weighted by Crippen LogP contribution is -2.28. The third-order valence-electron chi connectivity index (χ3n) is 3.86. The summed E-state index contributed by atoms with van der Waals surface area (Å²) in [7, 11) is 0. The van der Waals surface area contributed by atoms with Gasteiger partial charge < -0.3 is 19.5 Å². The van der Waals surface area contributed by atoms with Gasteiger partial charge in [-0.05, 0) is 36.8 Å². The summed E-state index contributed by atoms with van der Waals surface area (Å²) < 4.78 is 15.4. The zero-order valence-electron chi connectivity index (χ0n) is 14.8. The Kier molecular flexibility index (Phi) is 6.08. The van der Waals surface area contributed by atoms with Gasteiger partial charge in [-0.3, -0.25) is 14.4 Å². The third kappa shape index (κ3) is 5.30. The zero-order chi connectivity index (χ0) is 19.2. The first-order valence-electron chi connectivity index (χ1n) is 8.42. The number of carbonyl (C=O) groups is 3. The van der Waals surface area contributed by atoms with E-state index in [-0.39, 0.29) is 38.6 Å². The van der Waals surface area contributed by atoms with Gasteiger partial charge in [0.15, 0.2) is 23.9 Å². The number of carbonyl (C=O) groups excluding carboxylic acids is 3. The Labute approximate surface area is 160 Å². The van der Waals surface area contributed by atoms with E-state index in [0.717, 1.165) is 10.4 Å². The molecule has 0 saturated carbocycles. The van der Waals surface area contributed by atoms with E-state index < -0.39 is 11.9 Å². The number of thiophene rings is 1. The molecule has 0 bridgehead atoms. The van der Waals surface area contributed by atoms with Crippen LogP contribution in [0.3, 0.4) is 0 Å². The molecule has 1 aromatic heterocycles. The Morgan fingerprint density at radius 3 is 2.70 bits per heavy atom. The van der Waals surface area contributed by atoms with E-state index in [1.54, 1.807) is 18.2 Å². The standard InChI is InChI=1S/C19H19NO6S/c1-12-2-6-17(27-12)14(21)4-7-19(23)24-10-18(22)20-9-13-3-5-15-16(8-13)26-11-25-15/h2-3,5-6,8H,4,7,9-11H2,1H3,(H,20,22). The molecule has 0 radical (unpaired) electrons. The van der Waals surface area contributed by atoms with Crippen LogP contribution in [-0.4, -0.2) is 31.1 Å². The molecule has 0 aliphatic carbocycles. The molecule has 1 N–H and O–H groups in total. The molecule has 1 amide bonds. The van der Waals surface area contributed by atoms with Gasteiger partial charge in [-0.2, -0.15) is 0 Å². The fraction of sp³-hybridized carbons (Fsp3) is 0.316. The van der Waals surface area contributed by atoms with E-state index in [0.29, 0.717) is 16.4 Å². The van der Waals surface area contributed by atoms with Crippen LogP contribution in [0, 0.1) is 6.92 Å². The highest BCUT2D eigenvalue weighted by Gasteiger charge is 2.15. The van der Waals surface area contributed by atoms with Crippen LogP contribution in [0.4, 0.5) is 0 Å². The van der Waals surface area contributed by atoms with Crippen molar-refractivity contribution in [2.24, 2.45) is 0 Å². The number of fused-ring (bicyclic) bond motifs is 1. The molecule has 2 heterocycles. The van der Waals surface area contributed by atoms with Crippen molar-refractivity contribution < 1.29 is 28.6 Å². The van der Waals surface area contributed by atoms with Crippen LogP contribution in [0.25, 0.3) is 0 Å². The molecule has 0 spiro atoms. The van der Waals surface area contributed by atoms with Gasteiger partial charge in [0.1, 0.15) is 0 Å². The predicted octanol–water partition coefficient (Wildman–Crippen LogP) is 2.61. The number of benzene rings is 1. The third-order valence-corrected chi connectivity index (χ3v) is 4.90. The second-order valence-corrected chi connectivity index (χ2v) is 7.25. The maximum absolute atomic E-state index is 11.9. The van der Waals surface area contributed by atoms with Crippen LogP contribution < -0.4 is 14.8 Å². The van der Waals surface area contributed by atoms with Crippen LogP contribution in [0.2, 0.25) is 0 Å². The molecule has 27 heavy (non-hydrogen) atoms.